The zero-order valence-corrected chi connectivity index (χ0v) is 15.1. The molecule has 0 radical (unpaired) electrons. The summed E-state index contributed by atoms with van der Waals surface area (Å²) >= 11 is 0. The summed E-state index contributed by atoms with van der Waals surface area (Å²) in [5.74, 6) is 2.22. The number of pyridine rings is 1. The smallest absolute Gasteiger partial charge is 0.213 e. The first-order valence-corrected chi connectivity index (χ1v) is 8.42. The van der Waals surface area contributed by atoms with Gasteiger partial charge in [-0.3, -0.25) is 0 Å². The largest absolute Gasteiger partial charge is 0.492 e. The summed E-state index contributed by atoms with van der Waals surface area (Å²) in [5, 5.41) is 6.49. The molecule has 0 fully saturated rings. The Morgan fingerprint density at radius 1 is 1.16 bits per heavy atom. The van der Waals surface area contributed by atoms with Crippen LogP contribution < -0.4 is 20.1 Å². The van der Waals surface area contributed by atoms with Crippen molar-refractivity contribution in [2.75, 3.05) is 26.8 Å². The number of aryl methyl sites for hydroxylation is 1. The van der Waals surface area contributed by atoms with Crippen LogP contribution in [0.25, 0.3) is 0 Å². The van der Waals surface area contributed by atoms with Crippen LogP contribution in [0.3, 0.4) is 0 Å². The lowest BCUT2D eigenvalue weighted by molar-refractivity contribution is 0.322. The van der Waals surface area contributed by atoms with Crippen LogP contribution in [-0.2, 0) is 6.54 Å². The van der Waals surface area contributed by atoms with E-state index in [9.17, 15) is 0 Å². The van der Waals surface area contributed by atoms with Crippen LogP contribution in [0.5, 0.6) is 11.6 Å². The van der Waals surface area contributed by atoms with Crippen molar-refractivity contribution in [2.45, 2.75) is 20.4 Å². The van der Waals surface area contributed by atoms with E-state index >= 15 is 0 Å². The second-order valence-electron chi connectivity index (χ2n) is 5.49. The van der Waals surface area contributed by atoms with E-state index < -0.39 is 0 Å². The Labute approximate surface area is 149 Å². The number of hydrogen-bond donors (Lipinski definition) is 2. The summed E-state index contributed by atoms with van der Waals surface area (Å²) in [6.45, 7) is 6.67. The van der Waals surface area contributed by atoms with Gasteiger partial charge in [-0.1, -0.05) is 17.7 Å². The van der Waals surface area contributed by atoms with Crippen LogP contribution in [0.4, 0.5) is 0 Å². The Kier molecular flexibility index (Phi) is 7.56. The monoisotopic (exact) mass is 342 g/mol. The molecule has 0 bridgehead atoms. The van der Waals surface area contributed by atoms with Crippen molar-refractivity contribution < 1.29 is 9.47 Å². The van der Waals surface area contributed by atoms with Gasteiger partial charge in [0, 0.05) is 18.8 Å². The van der Waals surface area contributed by atoms with Gasteiger partial charge in [-0.15, -0.1) is 0 Å². The summed E-state index contributed by atoms with van der Waals surface area (Å²) in [4.78, 5) is 8.67. The normalized spacial score (nSPS) is 11.1. The first-order chi connectivity index (χ1) is 12.2. The lowest BCUT2D eigenvalue weighted by Gasteiger charge is -2.12. The van der Waals surface area contributed by atoms with Crippen molar-refractivity contribution in [1.29, 1.82) is 0 Å². The number of methoxy groups -OCH3 is 1. The van der Waals surface area contributed by atoms with Crippen LogP contribution in [0.1, 0.15) is 18.1 Å². The molecule has 1 heterocycles. The van der Waals surface area contributed by atoms with Gasteiger partial charge in [-0.25, -0.2) is 9.98 Å². The summed E-state index contributed by atoms with van der Waals surface area (Å²) in [7, 11) is 1.61. The Morgan fingerprint density at radius 3 is 2.68 bits per heavy atom. The minimum atomic E-state index is 0.549. The highest BCUT2D eigenvalue weighted by atomic mass is 16.5. The number of ether oxygens (including phenoxy) is 2. The van der Waals surface area contributed by atoms with E-state index in [0.717, 1.165) is 23.8 Å². The number of aliphatic imine (C=N–C) groups is 1. The maximum absolute atomic E-state index is 5.71. The van der Waals surface area contributed by atoms with Crippen LogP contribution in [0, 0.1) is 6.92 Å². The van der Waals surface area contributed by atoms with E-state index in [-0.39, 0.29) is 0 Å². The SMILES string of the molecule is CCNC(=NCc1ccnc(OC)c1)NCCOc1ccc(C)cc1. The van der Waals surface area contributed by atoms with Gasteiger partial charge in [0.05, 0.1) is 20.2 Å². The third kappa shape index (κ3) is 6.71. The molecule has 1 aromatic carbocycles. The number of aromatic nitrogens is 1. The van der Waals surface area contributed by atoms with E-state index in [1.165, 1.54) is 5.56 Å². The lowest BCUT2D eigenvalue weighted by atomic mass is 10.2. The Bertz CT molecular complexity index is 671. The minimum Gasteiger partial charge on any atom is -0.492 e. The average Bonchev–Trinajstić information content (AvgIpc) is 2.64. The summed E-state index contributed by atoms with van der Waals surface area (Å²) in [6, 6.07) is 11.8. The van der Waals surface area contributed by atoms with Crippen molar-refractivity contribution >= 4 is 5.96 Å². The Hall–Kier alpha value is -2.76. The molecule has 6 heteroatoms. The standard InChI is InChI=1S/C19H26N4O2/c1-4-20-19(23-14-16-9-10-21-18(13-16)24-3)22-11-12-25-17-7-5-15(2)6-8-17/h5-10,13H,4,11-12,14H2,1-3H3,(H2,20,22,23). The molecule has 0 unspecified atom stereocenters. The summed E-state index contributed by atoms with van der Waals surface area (Å²) in [6.07, 6.45) is 1.72. The molecule has 2 rings (SSSR count). The molecule has 0 saturated heterocycles. The molecule has 0 amide bonds. The van der Waals surface area contributed by atoms with E-state index in [4.69, 9.17) is 9.47 Å². The van der Waals surface area contributed by atoms with E-state index in [0.29, 0.717) is 25.6 Å². The van der Waals surface area contributed by atoms with Crippen LogP contribution in [-0.4, -0.2) is 37.7 Å². The van der Waals surface area contributed by atoms with Gasteiger partial charge in [-0.05, 0) is 37.6 Å². The maximum atomic E-state index is 5.71. The fraction of sp³-hybridized carbons (Fsp3) is 0.368. The van der Waals surface area contributed by atoms with Crippen molar-refractivity contribution in [3.63, 3.8) is 0 Å². The highest BCUT2D eigenvalue weighted by Crippen LogP contribution is 2.11. The third-order valence-corrected chi connectivity index (χ3v) is 3.46. The molecule has 0 aliphatic heterocycles. The molecule has 2 aromatic rings. The van der Waals surface area contributed by atoms with E-state index in [2.05, 4.69) is 27.5 Å². The molecule has 2 N–H and O–H groups in total. The highest BCUT2D eigenvalue weighted by Gasteiger charge is 2.00. The van der Waals surface area contributed by atoms with Crippen molar-refractivity contribution in [3.05, 3.63) is 53.7 Å². The number of nitrogens with one attached hydrogen (secondary N) is 2. The molecule has 0 spiro atoms. The summed E-state index contributed by atoms with van der Waals surface area (Å²) in [5.41, 5.74) is 2.26. The van der Waals surface area contributed by atoms with Gasteiger partial charge < -0.3 is 20.1 Å². The fourth-order valence-electron chi connectivity index (χ4n) is 2.15. The maximum Gasteiger partial charge on any atom is 0.213 e. The molecule has 134 valence electrons. The number of hydrogen-bond acceptors (Lipinski definition) is 4. The first kappa shape index (κ1) is 18.6. The van der Waals surface area contributed by atoms with Gasteiger partial charge in [0.15, 0.2) is 5.96 Å². The van der Waals surface area contributed by atoms with E-state index in [1.807, 2.05) is 43.3 Å². The molecule has 0 saturated carbocycles. The minimum absolute atomic E-state index is 0.549. The van der Waals surface area contributed by atoms with Gasteiger partial charge in [0.2, 0.25) is 5.88 Å². The molecular weight excluding hydrogens is 316 g/mol. The van der Waals surface area contributed by atoms with Crippen LogP contribution >= 0.6 is 0 Å². The van der Waals surface area contributed by atoms with Gasteiger partial charge in [0.1, 0.15) is 12.4 Å². The number of guanidine groups is 1. The van der Waals surface area contributed by atoms with Gasteiger partial charge in [-0.2, -0.15) is 0 Å². The second kappa shape index (κ2) is 10.2. The molecule has 6 nitrogen and oxygen atoms in total. The predicted molar refractivity (Wildman–Crippen MR) is 100 cm³/mol. The zero-order valence-electron chi connectivity index (χ0n) is 15.1. The van der Waals surface area contributed by atoms with Crippen molar-refractivity contribution in [2.24, 2.45) is 4.99 Å². The number of nitrogens with zero attached hydrogens (tertiary/aromatic N) is 2. The third-order valence-electron chi connectivity index (χ3n) is 3.46. The molecule has 25 heavy (non-hydrogen) atoms. The van der Waals surface area contributed by atoms with Crippen molar-refractivity contribution in [1.82, 2.24) is 15.6 Å². The molecule has 0 aliphatic carbocycles. The molecule has 1 aromatic heterocycles. The predicted octanol–water partition coefficient (Wildman–Crippen LogP) is 2.53. The zero-order chi connectivity index (χ0) is 17.9. The topological polar surface area (TPSA) is 67.8 Å². The van der Waals surface area contributed by atoms with Gasteiger partial charge in [0.25, 0.3) is 0 Å². The van der Waals surface area contributed by atoms with Crippen LogP contribution in [0.15, 0.2) is 47.6 Å². The van der Waals surface area contributed by atoms with Gasteiger partial charge >= 0.3 is 0 Å². The molecule has 0 aliphatic rings. The fourth-order valence-corrected chi connectivity index (χ4v) is 2.15. The Morgan fingerprint density at radius 2 is 1.96 bits per heavy atom. The highest BCUT2D eigenvalue weighted by molar-refractivity contribution is 5.79. The average molecular weight is 342 g/mol. The second-order valence-corrected chi connectivity index (χ2v) is 5.49. The Balaban J connectivity index is 1.81. The van der Waals surface area contributed by atoms with Crippen LogP contribution in [0.2, 0.25) is 0 Å². The number of benzene rings is 1. The first-order valence-electron chi connectivity index (χ1n) is 8.42. The summed E-state index contributed by atoms with van der Waals surface area (Å²) < 4.78 is 10.8. The van der Waals surface area contributed by atoms with Crippen molar-refractivity contribution in [3.8, 4) is 11.6 Å². The number of rotatable bonds is 8. The quantitative estimate of drug-likeness (QED) is 0.438. The molecular formula is C19H26N4O2. The molecule has 0 atom stereocenters. The van der Waals surface area contributed by atoms with E-state index in [1.54, 1.807) is 13.3 Å². The lowest BCUT2D eigenvalue weighted by Crippen LogP contribution is -2.39.